The number of carbonyl (C=O) groups excluding carboxylic acids is 1. The summed E-state index contributed by atoms with van der Waals surface area (Å²) in [5.74, 6) is -0.252. The van der Waals surface area contributed by atoms with Crippen molar-refractivity contribution in [1.29, 1.82) is 0 Å². The number of Topliss-reactive ketones (excluding diaryl/α,β-unsaturated/α-hetero) is 1. The summed E-state index contributed by atoms with van der Waals surface area (Å²) in [4.78, 5) is 13.1. The van der Waals surface area contributed by atoms with Crippen LogP contribution in [0, 0.1) is 5.82 Å². The highest BCUT2D eigenvalue weighted by atomic mass is 32.2. The van der Waals surface area contributed by atoms with E-state index in [1.165, 1.54) is 36.4 Å². The van der Waals surface area contributed by atoms with Gasteiger partial charge in [-0.05, 0) is 59.7 Å². The summed E-state index contributed by atoms with van der Waals surface area (Å²) in [6.07, 6.45) is -0.271. The molecular weight excluding hydrogens is 451 g/mol. The Labute approximate surface area is 198 Å². The molecule has 4 aromatic carbocycles. The Bertz CT molecular complexity index is 1340. The number of rotatable bonds is 9. The van der Waals surface area contributed by atoms with Crippen LogP contribution < -0.4 is 4.74 Å². The van der Waals surface area contributed by atoms with Gasteiger partial charge in [-0.1, -0.05) is 60.7 Å². The van der Waals surface area contributed by atoms with E-state index in [4.69, 9.17) is 4.74 Å². The Morgan fingerprint density at radius 2 is 1.35 bits per heavy atom. The van der Waals surface area contributed by atoms with Crippen LogP contribution in [-0.2, 0) is 16.4 Å². The Balaban J connectivity index is 1.61. The van der Waals surface area contributed by atoms with Crippen molar-refractivity contribution in [3.8, 4) is 5.75 Å². The van der Waals surface area contributed by atoms with Crippen LogP contribution in [0.1, 0.15) is 33.2 Å². The third-order valence-electron chi connectivity index (χ3n) is 5.48. The predicted molar refractivity (Wildman–Crippen MR) is 129 cm³/mol. The Hall–Kier alpha value is -3.77. The quantitative estimate of drug-likeness (QED) is 0.271. The lowest BCUT2D eigenvalue weighted by molar-refractivity contribution is 0.0980. The van der Waals surface area contributed by atoms with Gasteiger partial charge in [-0.2, -0.15) is 0 Å². The molecule has 0 bridgehead atoms. The van der Waals surface area contributed by atoms with Crippen LogP contribution in [0.15, 0.2) is 114 Å². The van der Waals surface area contributed by atoms with Gasteiger partial charge in [0, 0.05) is 12.0 Å². The molecule has 34 heavy (non-hydrogen) atoms. The van der Waals surface area contributed by atoms with Crippen LogP contribution in [0.25, 0.3) is 0 Å². The number of ketones is 1. The maximum Gasteiger partial charge on any atom is 0.185 e. The first-order chi connectivity index (χ1) is 16.4. The van der Waals surface area contributed by atoms with Gasteiger partial charge in [-0.25, -0.2) is 12.8 Å². The molecule has 6 heteroatoms. The highest BCUT2D eigenvalue weighted by Crippen LogP contribution is 2.34. The third kappa shape index (κ3) is 5.58. The molecule has 0 aliphatic rings. The molecule has 4 aromatic rings. The zero-order chi connectivity index (χ0) is 24.0. The molecule has 0 amide bonds. The minimum Gasteiger partial charge on any atom is -0.489 e. The molecular formula is C28H23FO4S. The second-order valence-electron chi connectivity index (χ2n) is 7.82. The second kappa shape index (κ2) is 10.4. The number of ether oxygens (including phenoxy) is 1. The summed E-state index contributed by atoms with van der Waals surface area (Å²) >= 11 is 0. The predicted octanol–water partition coefficient (Wildman–Crippen LogP) is 6.19. The van der Waals surface area contributed by atoms with Crippen LogP contribution in [0.4, 0.5) is 4.39 Å². The lowest BCUT2D eigenvalue weighted by Gasteiger charge is -2.18. The number of sulfone groups is 1. The van der Waals surface area contributed by atoms with E-state index in [0.29, 0.717) is 17.9 Å². The number of hydrogen-bond donors (Lipinski definition) is 0. The van der Waals surface area contributed by atoms with E-state index in [2.05, 4.69) is 0 Å². The highest BCUT2D eigenvalue weighted by molar-refractivity contribution is 7.91. The molecule has 0 N–H and O–H groups in total. The monoisotopic (exact) mass is 474 g/mol. The maximum atomic E-state index is 13.5. The van der Waals surface area contributed by atoms with E-state index < -0.39 is 20.9 Å². The van der Waals surface area contributed by atoms with Crippen LogP contribution >= 0.6 is 0 Å². The van der Waals surface area contributed by atoms with Gasteiger partial charge in [0.25, 0.3) is 0 Å². The van der Waals surface area contributed by atoms with E-state index in [0.717, 1.165) is 5.56 Å². The summed E-state index contributed by atoms with van der Waals surface area (Å²) in [6.45, 7) is 0.384. The fourth-order valence-electron chi connectivity index (χ4n) is 3.62. The normalized spacial score (nSPS) is 12.1. The molecule has 0 fully saturated rings. The number of halogens is 1. The van der Waals surface area contributed by atoms with E-state index >= 15 is 0 Å². The van der Waals surface area contributed by atoms with Crippen molar-refractivity contribution >= 4 is 15.6 Å². The second-order valence-corrected chi connectivity index (χ2v) is 9.95. The lowest BCUT2D eigenvalue weighted by atomic mass is 10.0. The molecule has 0 saturated carbocycles. The van der Waals surface area contributed by atoms with Gasteiger partial charge in [-0.3, -0.25) is 4.79 Å². The van der Waals surface area contributed by atoms with Crippen LogP contribution in [0.5, 0.6) is 5.75 Å². The summed E-state index contributed by atoms with van der Waals surface area (Å²) in [5, 5.41) is -1.10. The zero-order valence-corrected chi connectivity index (χ0v) is 19.1. The van der Waals surface area contributed by atoms with Crippen molar-refractivity contribution in [3.05, 3.63) is 132 Å². The van der Waals surface area contributed by atoms with E-state index in [-0.39, 0.29) is 22.7 Å². The van der Waals surface area contributed by atoms with E-state index in [1.54, 1.807) is 42.5 Å². The molecule has 0 aromatic heterocycles. The molecule has 4 rings (SSSR count). The van der Waals surface area contributed by atoms with Gasteiger partial charge in [0.05, 0.1) is 10.1 Å². The average Bonchev–Trinajstić information content (AvgIpc) is 2.88. The van der Waals surface area contributed by atoms with Crippen molar-refractivity contribution in [1.82, 2.24) is 0 Å². The summed E-state index contributed by atoms with van der Waals surface area (Å²) in [7, 11) is -3.87. The third-order valence-corrected chi connectivity index (χ3v) is 7.60. The van der Waals surface area contributed by atoms with Crippen LogP contribution in [-0.4, -0.2) is 14.2 Å². The van der Waals surface area contributed by atoms with Crippen molar-refractivity contribution in [2.75, 3.05) is 0 Å². The molecule has 0 radical (unpaired) electrons. The summed E-state index contributed by atoms with van der Waals surface area (Å²) in [6, 6.07) is 29.6. The van der Waals surface area contributed by atoms with Gasteiger partial charge in [0.2, 0.25) is 0 Å². The minimum atomic E-state index is -3.87. The van der Waals surface area contributed by atoms with Gasteiger partial charge in [0.15, 0.2) is 15.6 Å². The number of carbonyl (C=O) groups is 1. The summed E-state index contributed by atoms with van der Waals surface area (Å²) < 4.78 is 46.1. The topological polar surface area (TPSA) is 60.4 Å². The zero-order valence-electron chi connectivity index (χ0n) is 18.3. The molecule has 172 valence electrons. The smallest absolute Gasteiger partial charge is 0.185 e. The largest absolute Gasteiger partial charge is 0.489 e. The fourth-order valence-corrected chi connectivity index (χ4v) is 5.37. The van der Waals surface area contributed by atoms with Crippen molar-refractivity contribution in [3.63, 3.8) is 0 Å². The minimum absolute atomic E-state index is 0.135. The number of benzene rings is 4. The van der Waals surface area contributed by atoms with Gasteiger partial charge < -0.3 is 4.74 Å². The molecule has 0 aliphatic carbocycles. The molecule has 0 spiro atoms. The first kappa shape index (κ1) is 23.4. The highest BCUT2D eigenvalue weighted by Gasteiger charge is 2.31. The number of hydrogen-bond acceptors (Lipinski definition) is 4. The van der Waals surface area contributed by atoms with Gasteiger partial charge in [-0.15, -0.1) is 0 Å². The van der Waals surface area contributed by atoms with E-state index in [1.807, 2.05) is 30.3 Å². The maximum absolute atomic E-state index is 13.5. The van der Waals surface area contributed by atoms with Crippen molar-refractivity contribution < 1.29 is 22.3 Å². The first-order valence-corrected chi connectivity index (χ1v) is 12.3. The first-order valence-electron chi connectivity index (χ1n) is 10.8. The molecule has 0 heterocycles. The Morgan fingerprint density at radius 1 is 0.765 bits per heavy atom. The lowest BCUT2D eigenvalue weighted by Crippen LogP contribution is -2.18. The van der Waals surface area contributed by atoms with Crippen LogP contribution in [0.3, 0.4) is 0 Å². The van der Waals surface area contributed by atoms with Crippen LogP contribution in [0.2, 0.25) is 0 Å². The van der Waals surface area contributed by atoms with Gasteiger partial charge >= 0.3 is 0 Å². The average molecular weight is 475 g/mol. The van der Waals surface area contributed by atoms with Gasteiger partial charge in [0.1, 0.15) is 18.2 Å². The molecule has 4 nitrogen and oxygen atoms in total. The Morgan fingerprint density at radius 3 is 1.97 bits per heavy atom. The van der Waals surface area contributed by atoms with Crippen molar-refractivity contribution in [2.45, 2.75) is 23.2 Å². The summed E-state index contributed by atoms with van der Waals surface area (Å²) in [5.41, 5.74) is 1.75. The molecule has 0 unspecified atom stereocenters. The molecule has 0 saturated heterocycles. The SMILES string of the molecule is O=C(C[C@H](c1ccc(OCc2ccccc2)cc1)S(=O)(=O)c1ccccc1)c1ccc(F)cc1. The van der Waals surface area contributed by atoms with E-state index in [9.17, 15) is 17.6 Å². The Kier molecular flexibility index (Phi) is 7.18. The fraction of sp³-hybridized carbons (Fsp3) is 0.107. The van der Waals surface area contributed by atoms with Crippen molar-refractivity contribution in [2.24, 2.45) is 0 Å². The molecule has 0 aliphatic heterocycles. The standard InChI is InChI=1S/C28H23FO4S/c29-24-15-11-22(12-16-24)27(30)19-28(34(31,32)26-9-5-2-6-10-26)23-13-17-25(18-14-23)33-20-21-7-3-1-4-8-21/h1-18,28H,19-20H2/t28-/m1/s1. The molecule has 1 atom stereocenters.